The molecule has 0 spiro atoms. The molecule has 1 saturated carbocycles. The number of likely N-dealkylation sites (tertiary alicyclic amines) is 1. The van der Waals surface area contributed by atoms with Crippen LogP contribution in [0.25, 0.3) is 0 Å². The van der Waals surface area contributed by atoms with Crippen LogP contribution < -0.4 is 10.6 Å². The number of nitrogens with one attached hydrogen (secondary N) is 2. The van der Waals surface area contributed by atoms with E-state index in [0.29, 0.717) is 6.54 Å². The van der Waals surface area contributed by atoms with E-state index in [9.17, 15) is 14.4 Å². The van der Waals surface area contributed by atoms with E-state index in [2.05, 4.69) is 15.5 Å². The molecule has 2 saturated heterocycles. The zero-order valence-corrected chi connectivity index (χ0v) is 14.1. The van der Waals surface area contributed by atoms with Gasteiger partial charge in [-0.2, -0.15) is 0 Å². The Morgan fingerprint density at radius 3 is 2.00 bits per heavy atom. The van der Waals surface area contributed by atoms with Crippen molar-refractivity contribution in [1.29, 1.82) is 0 Å². The van der Waals surface area contributed by atoms with E-state index in [-0.39, 0.29) is 24.4 Å². The first-order valence-corrected chi connectivity index (χ1v) is 8.93. The number of urea groups is 1. The van der Waals surface area contributed by atoms with Gasteiger partial charge in [-0.1, -0.05) is 0 Å². The highest BCUT2D eigenvalue weighted by atomic mass is 16.2. The van der Waals surface area contributed by atoms with Gasteiger partial charge in [0.15, 0.2) is 0 Å². The molecule has 8 nitrogen and oxygen atoms in total. The fourth-order valence-electron chi connectivity index (χ4n) is 3.18. The molecule has 24 heavy (non-hydrogen) atoms. The second-order valence-corrected chi connectivity index (χ2v) is 6.94. The number of carbonyl (C=O) groups is 3. The molecule has 0 aromatic heterocycles. The normalized spacial score (nSPS) is 22.4. The summed E-state index contributed by atoms with van der Waals surface area (Å²) in [5, 5.41) is 5.11. The molecule has 0 radical (unpaired) electrons. The lowest BCUT2D eigenvalue weighted by Crippen LogP contribution is -2.52. The number of imide groups is 1. The molecule has 2 aliphatic heterocycles. The van der Waals surface area contributed by atoms with Crippen LogP contribution >= 0.6 is 0 Å². The molecule has 8 heteroatoms. The van der Waals surface area contributed by atoms with E-state index in [0.717, 1.165) is 65.0 Å². The SMILES string of the molecule is O=C(CN1CCN(CC(=O)N2CCCC2)CC1)NC(=O)NC1CC1. The minimum absolute atomic E-state index is 0.218. The Hall–Kier alpha value is -1.67. The summed E-state index contributed by atoms with van der Waals surface area (Å²) < 4.78 is 0. The average Bonchev–Trinajstić information content (AvgIpc) is 3.17. The maximum absolute atomic E-state index is 12.1. The fourth-order valence-corrected chi connectivity index (χ4v) is 3.18. The molecule has 1 aliphatic carbocycles. The van der Waals surface area contributed by atoms with Gasteiger partial charge < -0.3 is 10.2 Å². The predicted octanol–water partition coefficient (Wildman–Crippen LogP) is -0.785. The van der Waals surface area contributed by atoms with Gasteiger partial charge in [-0.05, 0) is 25.7 Å². The van der Waals surface area contributed by atoms with Crippen molar-refractivity contribution in [3.63, 3.8) is 0 Å². The highest BCUT2D eigenvalue weighted by Gasteiger charge is 2.26. The zero-order valence-electron chi connectivity index (χ0n) is 14.1. The van der Waals surface area contributed by atoms with Crippen molar-refractivity contribution in [2.24, 2.45) is 0 Å². The summed E-state index contributed by atoms with van der Waals surface area (Å²) in [6, 6.07) is -0.146. The lowest BCUT2D eigenvalue weighted by molar-refractivity contribution is -0.132. The Morgan fingerprint density at radius 2 is 1.42 bits per heavy atom. The number of amides is 4. The largest absolute Gasteiger partial charge is 0.342 e. The van der Waals surface area contributed by atoms with E-state index in [4.69, 9.17) is 0 Å². The van der Waals surface area contributed by atoms with E-state index in [1.165, 1.54) is 0 Å². The third kappa shape index (κ3) is 5.17. The van der Waals surface area contributed by atoms with Crippen molar-refractivity contribution in [2.45, 2.75) is 31.7 Å². The molecule has 0 bridgehead atoms. The van der Waals surface area contributed by atoms with Gasteiger partial charge in [0.25, 0.3) is 0 Å². The fraction of sp³-hybridized carbons (Fsp3) is 0.812. The summed E-state index contributed by atoms with van der Waals surface area (Å²) >= 11 is 0. The molecule has 0 aromatic rings. The Morgan fingerprint density at radius 1 is 0.833 bits per heavy atom. The summed E-state index contributed by atoms with van der Waals surface area (Å²) in [4.78, 5) is 41.7. The van der Waals surface area contributed by atoms with Gasteiger partial charge in [0.2, 0.25) is 11.8 Å². The first-order valence-electron chi connectivity index (χ1n) is 8.93. The summed E-state index contributed by atoms with van der Waals surface area (Å²) in [7, 11) is 0. The molecule has 3 fully saturated rings. The molecule has 4 amide bonds. The van der Waals surface area contributed by atoms with Crippen LogP contribution in [0.2, 0.25) is 0 Å². The minimum atomic E-state index is -0.391. The number of piperazine rings is 1. The lowest BCUT2D eigenvalue weighted by Gasteiger charge is -2.34. The molecular weight excluding hydrogens is 310 g/mol. The molecule has 3 rings (SSSR count). The Bertz CT molecular complexity index is 480. The van der Waals surface area contributed by atoms with Gasteiger partial charge in [-0.3, -0.25) is 24.7 Å². The van der Waals surface area contributed by atoms with Crippen molar-refractivity contribution in [1.82, 2.24) is 25.3 Å². The van der Waals surface area contributed by atoms with Gasteiger partial charge in [-0.15, -0.1) is 0 Å². The monoisotopic (exact) mass is 337 g/mol. The third-order valence-corrected chi connectivity index (χ3v) is 4.82. The molecule has 0 unspecified atom stereocenters. The predicted molar refractivity (Wildman–Crippen MR) is 88.4 cm³/mol. The average molecular weight is 337 g/mol. The quantitative estimate of drug-likeness (QED) is 0.687. The van der Waals surface area contributed by atoms with Crippen LogP contribution in [0.5, 0.6) is 0 Å². The van der Waals surface area contributed by atoms with Crippen LogP contribution in [-0.4, -0.2) is 90.9 Å². The molecular formula is C16H27N5O3. The topological polar surface area (TPSA) is 85.0 Å². The highest BCUT2D eigenvalue weighted by molar-refractivity contribution is 5.95. The Balaban J connectivity index is 1.31. The van der Waals surface area contributed by atoms with E-state index in [1.54, 1.807) is 0 Å². The van der Waals surface area contributed by atoms with E-state index in [1.807, 2.05) is 9.80 Å². The number of hydrogen-bond donors (Lipinski definition) is 2. The van der Waals surface area contributed by atoms with Crippen LogP contribution in [0.4, 0.5) is 4.79 Å². The van der Waals surface area contributed by atoms with Crippen LogP contribution in [-0.2, 0) is 9.59 Å². The molecule has 0 atom stereocenters. The van der Waals surface area contributed by atoms with Crippen molar-refractivity contribution in [3.05, 3.63) is 0 Å². The van der Waals surface area contributed by atoms with Gasteiger partial charge in [0.1, 0.15) is 0 Å². The molecule has 134 valence electrons. The highest BCUT2D eigenvalue weighted by Crippen LogP contribution is 2.18. The second kappa shape index (κ2) is 7.94. The third-order valence-electron chi connectivity index (χ3n) is 4.82. The Labute approximate surface area is 142 Å². The number of nitrogens with zero attached hydrogens (tertiary/aromatic N) is 3. The van der Waals surface area contributed by atoms with Crippen molar-refractivity contribution < 1.29 is 14.4 Å². The molecule has 3 aliphatic rings. The summed E-state index contributed by atoms with van der Waals surface area (Å²) in [6.45, 7) is 5.53. The molecule has 0 aromatic carbocycles. The first-order chi connectivity index (χ1) is 11.6. The van der Waals surface area contributed by atoms with Crippen LogP contribution in [0.1, 0.15) is 25.7 Å². The first kappa shape index (κ1) is 17.2. The van der Waals surface area contributed by atoms with Crippen LogP contribution in [0.15, 0.2) is 0 Å². The minimum Gasteiger partial charge on any atom is -0.342 e. The summed E-state index contributed by atoms with van der Waals surface area (Å²) in [6.07, 6.45) is 4.23. The summed E-state index contributed by atoms with van der Waals surface area (Å²) in [5.41, 5.74) is 0. The Kier molecular flexibility index (Phi) is 5.68. The number of hydrogen-bond acceptors (Lipinski definition) is 5. The smallest absolute Gasteiger partial charge is 0.321 e. The second-order valence-electron chi connectivity index (χ2n) is 6.94. The van der Waals surface area contributed by atoms with E-state index < -0.39 is 6.03 Å². The van der Waals surface area contributed by atoms with E-state index >= 15 is 0 Å². The standard InChI is InChI=1S/C16H27N5O3/c22-14(18-16(24)17-13-3-4-13)11-19-7-9-20(10-8-19)12-15(23)21-5-1-2-6-21/h13H,1-12H2,(H2,17,18,22,24). The van der Waals surface area contributed by atoms with Gasteiger partial charge in [-0.25, -0.2) is 4.79 Å². The van der Waals surface area contributed by atoms with Crippen molar-refractivity contribution in [2.75, 3.05) is 52.4 Å². The molecule has 2 N–H and O–H groups in total. The van der Waals surface area contributed by atoms with Crippen molar-refractivity contribution >= 4 is 17.8 Å². The van der Waals surface area contributed by atoms with Crippen molar-refractivity contribution in [3.8, 4) is 0 Å². The van der Waals surface area contributed by atoms with Crippen LogP contribution in [0.3, 0.4) is 0 Å². The van der Waals surface area contributed by atoms with Gasteiger partial charge >= 0.3 is 6.03 Å². The lowest BCUT2D eigenvalue weighted by atomic mass is 10.3. The molecule has 2 heterocycles. The van der Waals surface area contributed by atoms with Gasteiger partial charge in [0, 0.05) is 45.3 Å². The number of rotatable bonds is 5. The maximum Gasteiger partial charge on any atom is 0.321 e. The summed E-state index contributed by atoms with van der Waals surface area (Å²) in [5.74, 6) is -0.0508. The zero-order chi connectivity index (χ0) is 16.9. The number of carbonyl (C=O) groups excluding carboxylic acids is 3. The van der Waals surface area contributed by atoms with Crippen LogP contribution in [0, 0.1) is 0 Å². The van der Waals surface area contributed by atoms with Gasteiger partial charge in [0.05, 0.1) is 13.1 Å². The maximum atomic E-state index is 12.1.